The molecule has 0 spiro atoms. The van der Waals surface area contributed by atoms with Crippen molar-refractivity contribution >= 4 is 57.1 Å². The van der Waals surface area contributed by atoms with E-state index in [2.05, 4.69) is 21.2 Å². The van der Waals surface area contributed by atoms with E-state index in [9.17, 15) is 14.4 Å². The van der Waals surface area contributed by atoms with E-state index in [0.717, 1.165) is 14.9 Å². The molecule has 1 N–H and O–H groups in total. The van der Waals surface area contributed by atoms with Gasteiger partial charge in [0.25, 0.3) is 11.8 Å². The van der Waals surface area contributed by atoms with Crippen LogP contribution in [-0.2, 0) is 9.59 Å². The lowest BCUT2D eigenvalue weighted by Gasteiger charge is -2.26. The van der Waals surface area contributed by atoms with Crippen molar-refractivity contribution in [2.75, 3.05) is 4.90 Å². The molecule has 1 heterocycles. The van der Waals surface area contributed by atoms with E-state index in [1.54, 1.807) is 36.4 Å². The molecule has 0 saturated carbocycles. The molecular formula is C21H18BrClN2O4. The number of rotatable bonds is 4. The molecule has 2 aromatic carbocycles. The van der Waals surface area contributed by atoms with E-state index in [-0.39, 0.29) is 11.7 Å². The molecule has 0 unspecified atom stereocenters. The minimum Gasteiger partial charge on any atom is -0.489 e. The van der Waals surface area contributed by atoms with Gasteiger partial charge in [0.2, 0.25) is 0 Å². The first-order valence-electron chi connectivity index (χ1n) is 8.81. The molecular weight excluding hydrogens is 460 g/mol. The number of imide groups is 2. The third kappa shape index (κ3) is 4.52. The number of barbiturate groups is 1. The maximum absolute atomic E-state index is 13.0. The summed E-state index contributed by atoms with van der Waals surface area (Å²) in [6.45, 7) is 5.60. The summed E-state index contributed by atoms with van der Waals surface area (Å²) in [7, 11) is 0. The average molecular weight is 478 g/mol. The summed E-state index contributed by atoms with van der Waals surface area (Å²) in [5.74, 6) is -0.965. The van der Waals surface area contributed by atoms with Crippen LogP contribution in [0.5, 0.6) is 5.75 Å². The quantitative estimate of drug-likeness (QED) is 0.504. The number of nitrogens with one attached hydrogen (secondary N) is 1. The van der Waals surface area contributed by atoms with Gasteiger partial charge in [0.05, 0.1) is 16.8 Å². The van der Waals surface area contributed by atoms with E-state index >= 15 is 0 Å². The highest BCUT2D eigenvalue weighted by atomic mass is 79.9. The van der Waals surface area contributed by atoms with Crippen molar-refractivity contribution < 1.29 is 19.1 Å². The number of urea groups is 1. The van der Waals surface area contributed by atoms with E-state index in [4.69, 9.17) is 16.3 Å². The molecule has 150 valence electrons. The zero-order chi connectivity index (χ0) is 21.3. The van der Waals surface area contributed by atoms with E-state index < -0.39 is 17.8 Å². The lowest BCUT2D eigenvalue weighted by atomic mass is 10.1. The molecule has 8 heteroatoms. The third-order valence-corrected chi connectivity index (χ3v) is 5.32. The molecule has 0 bridgehead atoms. The van der Waals surface area contributed by atoms with Crippen LogP contribution in [0.3, 0.4) is 0 Å². The zero-order valence-corrected chi connectivity index (χ0v) is 18.3. The first kappa shape index (κ1) is 21.1. The van der Waals surface area contributed by atoms with Gasteiger partial charge in [-0.15, -0.1) is 0 Å². The number of ether oxygens (including phenoxy) is 1. The standard InChI is InChI=1S/C21H18BrClN2O4/c1-11(2)29-18-7-4-13(10-17(18)23)9-15-19(26)24-21(28)25(20(15)27)14-5-6-16(22)12(3)8-14/h4-11H,1-3H3,(H,24,26,28)/b15-9-. The first-order chi connectivity index (χ1) is 13.7. The number of carbonyl (C=O) groups excluding carboxylic acids is 3. The van der Waals surface area contributed by atoms with Gasteiger partial charge in [0.15, 0.2) is 0 Å². The first-order valence-corrected chi connectivity index (χ1v) is 9.98. The highest BCUT2D eigenvalue weighted by Crippen LogP contribution is 2.29. The van der Waals surface area contributed by atoms with Crippen LogP contribution in [0.25, 0.3) is 6.08 Å². The Morgan fingerprint density at radius 2 is 1.86 bits per heavy atom. The molecule has 0 radical (unpaired) electrons. The number of amides is 4. The molecule has 3 rings (SSSR count). The Morgan fingerprint density at radius 3 is 2.48 bits per heavy atom. The van der Waals surface area contributed by atoms with Crippen LogP contribution in [-0.4, -0.2) is 23.9 Å². The topological polar surface area (TPSA) is 75.7 Å². The second-order valence-electron chi connectivity index (χ2n) is 6.75. The summed E-state index contributed by atoms with van der Waals surface area (Å²) in [6.07, 6.45) is 1.35. The highest BCUT2D eigenvalue weighted by molar-refractivity contribution is 9.10. The normalized spacial score (nSPS) is 15.9. The van der Waals surface area contributed by atoms with Crippen molar-refractivity contribution in [3.05, 3.63) is 62.6 Å². The summed E-state index contributed by atoms with van der Waals surface area (Å²) >= 11 is 9.62. The second kappa shape index (κ2) is 8.39. The van der Waals surface area contributed by atoms with Crippen LogP contribution in [0.2, 0.25) is 5.02 Å². The number of nitrogens with zero attached hydrogens (tertiary/aromatic N) is 1. The monoisotopic (exact) mass is 476 g/mol. The van der Waals surface area contributed by atoms with Crippen molar-refractivity contribution in [3.8, 4) is 5.75 Å². The van der Waals surface area contributed by atoms with E-state index in [1.807, 2.05) is 20.8 Å². The van der Waals surface area contributed by atoms with Crippen LogP contribution >= 0.6 is 27.5 Å². The van der Waals surface area contributed by atoms with Gasteiger partial charge in [-0.2, -0.15) is 0 Å². The Morgan fingerprint density at radius 1 is 1.14 bits per heavy atom. The van der Waals surface area contributed by atoms with Gasteiger partial charge in [-0.3, -0.25) is 14.9 Å². The average Bonchev–Trinajstić information content (AvgIpc) is 2.63. The molecule has 0 aliphatic carbocycles. The predicted molar refractivity (Wildman–Crippen MR) is 115 cm³/mol. The van der Waals surface area contributed by atoms with Gasteiger partial charge in [0, 0.05) is 4.47 Å². The summed E-state index contributed by atoms with van der Waals surface area (Å²) in [5.41, 5.74) is 1.58. The van der Waals surface area contributed by atoms with Gasteiger partial charge in [-0.25, -0.2) is 9.69 Å². The lowest BCUT2D eigenvalue weighted by Crippen LogP contribution is -2.54. The fraction of sp³-hybridized carbons (Fsp3) is 0.190. The molecule has 1 aliphatic rings. The molecule has 1 fully saturated rings. The predicted octanol–water partition coefficient (Wildman–Crippen LogP) is 4.86. The Bertz CT molecular complexity index is 1050. The Kier molecular flexibility index (Phi) is 6.10. The highest BCUT2D eigenvalue weighted by Gasteiger charge is 2.36. The number of hydrogen-bond acceptors (Lipinski definition) is 4. The Labute approximate surface area is 181 Å². The number of carbonyl (C=O) groups is 3. The van der Waals surface area contributed by atoms with Crippen LogP contribution in [0.1, 0.15) is 25.0 Å². The molecule has 0 atom stereocenters. The van der Waals surface area contributed by atoms with Crippen LogP contribution in [0.15, 0.2) is 46.4 Å². The van der Waals surface area contributed by atoms with Gasteiger partial charge in [0.1, 0.15) is 11.3 Å². The number of halogens is 2. The van der Waals surface area contributed by atoms with Gasteiger partial charge >= 0.3 is 6.03 Å². The number of anilines is 1. The molecule has 1 aliphatic heterocycles. The van der Waals surface area contributed by atoms with Crippen molar-refractivity contribution in [1.29, 1.82) is 0 Å². The third-order valence-electron chi connectivity index (χ3n) is 4.13. The second-order valence-corrected chi connectivity index (χ2v) is 8.01. The fourth-order valence-corrected chi connectivity index (χ4v) is 3.26. The summed E-state index contributed by atoms with van der Waals surface area (Å²) in [5, 5.41) is 2.56. The lowest BCUT2D eigenvalue weighted by molar-refractivity contribution is -0.122. The maximum Gasteiger partial charge on any atom is 0.335 e. The minimum atomic E-state index is -0.794. The van der Waals surface area contributed by atoms with Crippen molar-refractivity contribution in [3.63, 3.8) is 0 Å². The zero-order valence-electron chi connectivity index (χ0n) is 16.0. The number of benzene rings is 2. The molecule has 0 aromatic heterocycles. The molecule has 29 heavy (non-hydrogen) atoms. The Balaban J connectivity index is 1.97. The van der Waals surface area contributed by atoms with Crippen molar-refractivity contribution in [2.45, 2.75) is 26.9 Å². The number of aryl methyl sites for hydroxylation is 1. The van der Waals surface area contributed by atoms with Gasteiger partial charge < -0.3 is 4.74 Å². The SMILES string of the molecule is Cc1cc(N2C(=O)NC(=O)/C(=C/c3ccc(OC(C)C)c(Cl)c3)C2=O)ccc1Br. The van der Waals surface area contributed by atoms with Gasteiger partial charge in [-0.05, 0) is 68.3 Å². The largest absolute Gasteiger partial charge is 0.489 e. The Hall–Kier alpha value is -2.64. The van der Waals surface area contributed by atoms with E-state index in [0.29, 0.717) is 22.0 Å². The number of hydrogen-bond donors (Lipinski definition) is 1. The van der Waals surface area contributed by atoms with Crippen LogP contribution < -0.4 is 15.0 Å². The van der Waals surface area contributed by atoms with Crippen molar-refractivity contribution in [2.24, 2.45) is 0 Å². The summed E-state index contributed by atoms with van der Waals surface area (Å²) < 4.78 is 6.43. The molecule has 2 aromatic rings. The molecule has 4 amide bonds. The molecule has 6 nitrogen and oxygen atoms in total. The maximum atomic E-state index is 13.0. The summed E-state index contributed by atoms with van der Waals surface area (Å²) in [6, 6.07) is 9.19. The smallest absolute Gasteiger partial charge is 0.335 e. The fourth-order valence-electron chi connectivity index (χ4n) is 2.78. The van der Waals surface area contributed by atoms with Crippen molar-refractivity contribution in [1.82, 2.24) is 5.32 Å². The van der Waals surface area contributed by atoms with Crippen LogP contribution in [0, 0.1) is 6.92 Å². The van der Waals surface area contributed by atoms with Gasteiger partial charge in [-0.1, -0.05) is 33.6 Å². The van der Waals surface area contributed by atoms with E-state index in [1.165, 1.54) is 6.08 Å². The minimum absolute atomic E-state index is 0.0451. The summed E-state index contributed by atoms with van der Waals surface area (Å²) in [4.78, 5) is 38.5. The molecule has 1 saturated heterocycles. The van der Waals surface area contributed by atoms with Crippen LogP contribution in [0.4, 0.5) is 10.5 Å².